The van der Waals surface area contributed by atoms with E-state index in [2.05, 4.69) is 34.6 Å². The van der Waals surface area contributed by atoms with Gasteiger partial charge in [0.1, 0.15) is 24.4 Å². The Balaban J connectivity index is 1.13. The first kappa shape index (κ1) is 44.1. The number of hydrogen-bond donors (Lipinski definition) is 6. The van der Waals surface area contributed by atoms with Crippen LogP contribution in [0, 0.1) is 50.7 Å². The molecule has 8 rings (SSSR count). The largest absolute Gasteiger partial charge is 0.455 e. The maximum Gasteiger partial charge on any atom is 0.303 e. The number of rotatable bonds is 8. The molecule has 0 aromatic rings. The lowest BCUT2D eigenvalue weighted by molar-refractivity contribution is -0.327. The topological polar surface area (TPSA) is 220 Å². The van der Waals surface area contributed by atoms with E-state index >= 15 is 0 Å². The third kappa shape index (κ3) is 6.60. The van der Waals surface area contributed by atoms with Crippen LogP contribution >= 0.6 is 0 Å². The van der Waals surface area contributed by atoms with E-state index in [0.29, 0.717) is 32.3 Å². The van der Waals surface area contributed by atoms with Gasteiger partial charge in [0, 0.05) is 25.7 Å². The zero-order valence-corrected chi connectivity index (χ0v) is 36.3. The first-order valence-electron chi connectivity index (χ1n) is 22.0. The molecule has 2 spiro atoms. The van der Waals surface area contributed by atoms with Crippen LogP contribution in [0.2, 0.25) is 0 Å². The Bertz CT molecular complexity index is 1630. The van der Waals surface area contributed by atoms with Crippen molar-refractivity contribution in [2.24, 2.45) is 50.7 Å². The zero-order valence-electron chi connectivity index (χ0n) is 36.3. The molecule has 3 heterocycles. The summed E-state index contributed by atoms with van der Waals surface area (Å²) >= 11 is 0. The van der Waals surface area contributed by atoms with Crippen molar-refractivity contribution in [2.45, 2.75) is 192 Å². The summed E-state index contributed by atoms with van der Waals surface area (Å²) < 4.78 is 43.4. The maximum atomic E-state index is 12.3. The molecule has 6 N–H and O–H groups in total. The first-order chi connectivity index (χ1) is 27.3. The van der Waals surface area contributed by atoms with Gasteiger partial charge in [-0.25, -0.2) is 0 Å². The summed E-state index contributed by atoms with van der Waals surface area (Å²) in [6, 6.07) is 0. The molecule has 15 nitrogen and oxygen atoms in total. The SMILES string of the molecule is CC(=O)OC1C(O)COC(OC2CCC34CC35CCC3(C)C(C6(C)CC(C(C)(C)O)CO6)C(O)CC3(C)C5CC(OC3OCC(O)C(O)C3O)C4C2(C)C)C1OC(C)=O. The highest BCUT2D eigenvalue weighted by atomic mass is 16.7. The average Bonchev–Trinajstić information content (AvgIpc) is 3.49. The van der Waals surface area contributed by atoms with Crippen molar-refractivity contribution in [3.05, 3.63) is 0 Å². The fourth-order valence-electron chi connectivity index (χ4n) is 15.2. The van der Waals surface area contributed by atoms with Gasteiger partial charge < -0.3 is 63.8 Å². The van der Waals surface area contributed by atoms with Crippen molar-refractivity contribution in [3.63, 3.8) is 0 Å². The van der Waals surface area contributed by atoms with Crippen LogP contribution in [0.25, 0.3) is 0 Å². The van der Waals surface area contributed by atoms with Gasteiger partial charge in [0.25, 0.3) is 0 Å². The van der Waals surface area contributed by atoms with Crippen molar-refractivity contribution in [1.29, 1.82) is 0 Å². The molecule has 20 atom stereocenters. The third-order valence-electron chi connectivity index (χ3n) is 17.9. The van der Waals surface area contributed by atoms with Crippen LogP contribution in [0.3, 0.4) is 0 Å². The molecule has 8 aliphatic rings. The first-order valence-corrected chi connectivity index (χ1v) is 22.0. The number of carbonyl (C=O) groups is 2. The highest BCUT2D eigenvalue weighted by Gasteiger charge is 2.85. The number of carbonyl (C=O) groups excluding carboxylic acids is 2. The Morgan fingerprint density at radius 1 is 0.695 bits per heavy atom. The smallest absolute Gasteiger partial charge is 0.303 e. The van der Waals surface area contributed by atoms with Gasteiger partial charge in [0.15, 0.2) is 24.8 Å². The highest BCUT2D eigenvalue weighted by Crippen LogP contribution is 2.89. The van der Waals surface area contributed by atoms with Gasteiger partial charge in [-0.15, -0.1) is 0 Å². The molecule has 3 aliphatic heterocycles. The molecular formula is C44H70O15. The van der Waals surface area contributed by atoms with Crippen LogP contribution in [0.1, 0.15) is 114 Å². The molecule has 0 bridgehead atoms. The van der Waals surface area contributed by atoms with E-state index in [4.69, 9.17) is 33.2 Å². The standard InChI is InChI=1S/C44H70O15/c1-21(45)56-32-26(49)19-54-37(33(32)57-22(2)46)59-29-10-11-44-20-43(44)13-12-40(7)34(42(9)15-23(17-55-42)39(5,6)52)24(47)16-41(40,8)28(43)14-27(35(44)38(29,3)4)58-36-31(51)30(50)25(48)18-53-36/h23-37,47-52H,10-20H2,1-9H3. The molecule has 0 aromatic carbocycles. The van der Waals surface area contributed by atoms with Crippen molar-refractivity contribution in [1.82, 2.24) is 0 Å². The number of hydrogen-bond acceptors (Lipinski definition) is 15. The van der Waals surface area contributed by atoms with E-state index in [1.807, 2.05) is 13.8 Å². The minimum absolute atomic E-state index is 0.0543. The van der Waals surface area contributed by atoms with Crippen LogP contribution in [0.5, 0.6) is 0 Å². The molecule has 336 valence electrons. The third-order valence-corrected chi connectivity index (χ3v) is 17.9. The van der Waals surface area contributed by atoms with Gasteiger partial charge in [-0.05, 0) is 111 Å². The molecule has 3 saturated heterocycles. The molecule has 15 heteroatoms. The van der Waals surface area contributed by atoms with Gasteiger partial charge in [-0.1, -0.05) is 27.7 Å². The molecule has 0 radical (unpaired) electrons. The predicted octanol–water partition coefficient (Wildman–Crippen LogP) is 2.36. The molecule has 5 aliphatic carbocycles. The number of fused-ring (bicyclic) bond motifs is 2. The Labute approximate surface area is 347 Å². The molecule has 59 heavy (non-hydrogen) atoms. The summed E-state index contributed by atoms with van der Waals surface area (Å²) in [5, 5.41) is 66.3. The van der Waals surface area contributed by atoms with Crippen molar-refractivity contribution in [3.8, 4) is 0 Å². The van der Waals surface area contributed by atoms with E-state index in [0.717, 1.165) is 25.7 Å². The van der Waals surface area contributed by atoms with E-state index in [1.165, 1.54) is 13.8 Å². The number of aliphatic hydroxyl groups is 6. The van der Waals surface area contributed by atoms with E-state index in [1.54, 1.807) is 0 Å². The summed E-state index contributed by atoms with van der Waals surface area (Å²) in [7, 11) is 0. The summed E-state index contributed by atoms with van der Waals surface area (Å²) in [6.07, 6.45) is -5.71. The summed E-state index contributed by atoms with van der Waals surface area (Å²) in [5.74, 6) is -1.53. The van der Waals surface area contributed by atoms with E-state index < -0.39 is 96.1 Å². The lowest BCUT2D eigenvalue weighted by Crippen LogP contribution is -2.65. The summed E-state index contributed by atoms with van der Waals surface area (Å²) in [4.78, 5) is 24.4. The van der Waals surface area contributed by atoms with Gasteiger partial charge in [0.2, 0.25) is 0 Å². The molecule has 5 saturated carbocycles. The molecule has 0 amide bonds. The van der Waals surface area contributed by atoms with Gasteiger partial charge >= 0.3 is 11.9 Å². The summed E-state index contributed by atoms with van der Waals surface area (Å²) in [5.41, 5.74) is -3.06. The van der Waals surface area contributed by atoms with Crippen LogP contribution < -0.4 is 0 Å². The van der Waals surface area contributed by atoms with Crippen molar-refractivity contribution in [2.75, 3.05) is 19.8 Å². The van der Waals surface area contributed by atoms with E-state index in [9.17, 15) is 40.2 Å². The fourth-order valence-corrected chi connectivity index (χ4v) is 15.2. The van der Waals surface area contributed by atoms with Crippen molar-refractivity contribution < 1.29 is 73.4 Å². The van der Waals surface area contributed by atoms with Gasteiger partial charge in [-0.2, -0.15) is 0 Å². The van der Waals surface area contributed by atoms with Gasteiger partial charge in [-0.3, -0.25) is 9.59 Å². The molecule has 20 unspecified atom stereocenters. The Hall–Kier alpha value is -1.50. The van der Waals surface area contributed by atoms with E-state index in [-0.39, 0.29) is 58.5 Å². The van der Waals surface area contributed by atoms with Crippen LogP contribution in [0.4, 0.5) is 0 Å². The predicted molar refractivity (Wildman–Crippen MR) is 207 cm³/mol. The second kappa shape index (κ2) is 14.5. The summed E-state index contributed by atoms with van der Waals surface area (Å²) in [6.45, 7) is 17.3. The lowest BCUT2D eigenvalue weighted by Gasteiger charge is -2.65. The quantitative estimate of drug-likeness (QED) is 0.153. The number of aliphatic hydroxyl groups excluding tert-OH is 5. The second-order valence-electron chi connectivity index (χ2n) is 21.8. The zero-order chi connectivity index (χ0) is 43.0. The lowest BCUT2D eigenvalue weighted by atomic mass is 9.41. The van der Waals surface area contributed by atoms with Crippen molar-refractivity contribution >= 4 is 11.9 Å². The molecule has 0 aromatic heterocycles. The number of esters is 2. The highest BCUT2D eigenvalue weighted by molar-refractivity contribution is 5.67. The Kier molecular flexibility index (Phi) is 10.9. The number of ether oxygens (including phenoxy) is 7. The molecular weight excluding hydrogens is 768 g/mol. The monoisotopic (exact) mass is 838 g/mol. The second-order valence-corrected chi connectivity index (χ2v) is 21.8. The maximum absolute atomic E-state index is 12.3. The normalized spacial score (nSPS) is 54.0. The average molecular weight is 839 g/mol. The molecule has 8 fully saturated rings. The minimum atomic E-state index is -1.49. The Morgan fingerprint density at radius 3 is 1.98 bits per heavy atom. The van der Waals surface area contributed by atoms with Crippen LogP contribution in [0.15, 0.2) is 0 Å². The van der Waals surface area contributed by atoms with Crippen LogP contribution in [-0.4, -0.2) is 141 Å². The Morgan fingerprint density at radius 2 is 1.34 bits per heavy atom. The minimum Gasteiger partial charge on any atom is -0.455 e. The van der Waals surface area contributed by atoms with Crippen LogP contribution in [-0.2, 0) is 42.7 Å². The fraction of sp³-hybridized carbons (Fsp3) is 0.955. The van der Waals surface area contributed by atoms with Gasteiger partial charge in [0.05, 0.1) is 49.3 Å².